The second kappa shape index (κ2) is 6.01. The number of nitriles is 1. The van der Waals surface area contributed by atoms with Gasteiger partial charge >= 0.3 is 0 Å². The molecule has 1 aromatic carbocycles. The number of carbonyl (C=O) groups is 1. The topological polar surface area (TPSA) is 57.8 Å². The average molecular weight is 283 g/mol. The lowest BCUT2D eigenvalue weighted by Crippen LogP contribution is -2.17. The average Bonchev–Trinajstić information content (AvgIpc) is 2.78. The second-order valence-electron chi connectivity index (χ2n) is 6.23. The summed E-state index contributed by atoms with van der Waals surface area (Å²) in [5, 5.41) is 12.5. The minimum absolute atomic E-state index is 0.0317. The zero-order valence-electron chi connectivity index (χ0n) is 12.8. The lowest BCUT2D eigenvalue weighted by molar-refractivity contribution is -0.105. The zero-order valence-corrected chi connectivity index (χ0v) is 12.8. The Morgan fingerprint density at radius 2 is 2.10 bits per heavy atom. The van der Waals surface area contributed by atoms with Crippen LogP contribution in [-0.2, 0) is 16.8 Å². The van der Waals surface area contributed by atoms with Crippen molar-refractivity contribution in [3.8, 4) is 6.07 Å². The molecule has 0 aliphatic carbocycles. The highest BCUT2D eigenvalue weighted by molar-refractivity contribution is 5.87. The van der Waals surface area contributed by atoms with E-state index in [1.54, 1.807) is 0 Å². The highest BCUT2D eigenvalue weighted by Gasteiger charge is 2.20. The minimum Gasteiger partial charge on any atom is -0.344 e. The summed E-state index contributed by atoms with van der Waals surface area (Å²) < 4.78 is 2.29. The van der Waals surface area contributed by atoms with Gasteiger partial charge in [-0.2, -0.15) is 5.26 Å². The van der Waals surface area contributed by atoms with Gasteiger partial charge in [-0.05, 0) is 30.7 Å². The Bertz CT molecular complexity index is 686. The SMILES string of the molecule is CC(C)(C)c1cc2cc(NC=O)ccc2n1CCCC#N. The van der Waals surface area contributed by atoms with Crippen LogP contribution in [0.1, 0.15) is 39.3 Å². The summed E-state index contributed by atoms with van der Waals surface area (Å²) in [5.74, 6) is 0. The molecule has 4 heteroatoms. The van der Waals surface area contributed by atoms with Crippen molar-refractivity contribution in [1.82, 2.24) is 4.57 Å². The molecular formula is C17H21N3O. The number of amides is 1. The van der Waals surface area contributed by atoms with Crippen LogP contribution in [0.2, 0.25) is 0 Å². The van der Waals surface area contributed by atoms with Gasteiger partial charge in [0.05, 0.1) is 6.07 Å². The molecule has 0 aliphatic heterocycles. The van der Waals surface area contributed by atoms with Crippen molar-refractivity contribution in [3.05, 3.63) is 30.0 Å². The largest absolute Gasteiger partial charge is 0.344 e. The maximum atomic E-state index is 10.6. The minimum atomic E-state index is 0.0317. The van der Waals surface area contributed by atoms with E-state index in [2.05, 4.69) is 42.8 Å². The molecular weight excluding hydrogens is 262 g/mol. The third-order valence-electron chi connectivity index (χ3n) is 3.57. The van der Waals surface area contributed by atoms with Crippen LogP contribution in [-0.4, -0.2) is 11.0 Å². The van der Waals surface area contributed by atoms with Gasteiger partial charge in [-0.15, -0.1) is 0 Å². The van der Waals surface area contributed by atoms with E-state index in [1.165, 1.54) is 5.69 Å². The normalized spacial score (nSPS) is 11.3. The fraction of sp³-hybridized carbons (Fsp3) is 0.412. The summed E-state index contributed by atoms with van der Waals surface area (Å²) in [6, 6.07) is 10.3. The molecule has 0 saturated heterocycles. The van der Waals surface area contributed by atoms with E-state index in [9.17, 15) is 4.79 Å². The van der Waals surface area contributed by atoms with Crippen LogP contribution < -0.4 is 5.32 Å². The molecule has 2 rings (SSSR count). The molecule has 21 heavy (non-hydrogen) atoms. The van der Waals surface area contributed by atoms with Gasteiger partial charge in [0.2, 0.25) is 6.41 Å². The maximum absolute atomic E-state index is 10.6. The van der Waals surface area contributed by atoms with E-state index in [1.807, 2.05) is 18.2 Å². The smallest absolute Gasteiger partial charge is 0.211 e. The van der Waals surface area contributed by atoms with Crippen molar-refractivity contribution in [2.24, 2.45) is 0 Å². The van der Waals surface area contributed by atoms with E-state index in [0.29, 0.717) is 12.8 Å². The van der Waals surface area contributed by atoms with Crippen LogP contribution in [0.15, 0.2) is 24.3 Å². The Hall–Kier alpha value is -2.28. The lowest BCUT2D eigenvalue weighted by atomic mass is 9.92. The molecule has 1 amide bonds. The van der Waals surface area contributed by atoms with E-state index in [-0.39, 0.29) is 5.41 Å². The molecule has 4 nitrogen and oxygen atoms in total. The number of fused-ring (bicyclic) bond motifs is 1. The third kappa shape index (κ3) is 3.25. The lowest BCUT2D eigenvalue weighted by Gasteiger charge is -2.22. The highest BCUT2D eigenvalue weighted by atomic mass is 16.1. The first-order valence-electron chi connectivity index (χ1n) is 7.18. The van der Waals surface area contributed by atoms with Gasteiger partial charge in [-0.1, -0.05) is 20.8 Å². The Morgan fingerprint density at radius 3 is 2.71 bits per heavy atom. The number of aryl methyl sites for hydroxylation is 1. The van der Waals surface area contributed by atoms with Crippen LogP contribution in [0, 0.1) is 11.3 Å². The van der Waals surface area contributed by atoms with Crippen molar-refractivity contribution in [3.63, 3.8) is 0 Å². The van der Waals surface area contributed by atoms with Crippen molar-refractivity contribution >= 4 is 23.0 Å². The predicted molar refractivity (Wildman–Crippen MR) is 85.2 cm³/mol. The number of aromatic nitrogens is 1. The second-order valence-corrected chi connectivity index (χ2v) is 6.23. The summed E-state index contributed by atoms with van der Waals surface area (Å²) in [4.78, 5) is 10.6. The van der Waals surface area contributed by atoms with Crippen LogP contribution in [0.25, 0.3) is 10.9 Å². The molecule has 1 aromatic heterocycles. The predicted octanol–water partition coefficient (Wildman–Crippen LogP) is 3.81. The monoisotopic (exact) mass is 283 g/mol. The number of carbonyl (C=O) groups excluding carboxylic acids is 1. The number of nitrogens with zero attached hydrogens (tertiary/aromatic N) is 2. The van der Waals surface area contributed by atoms with Gasteiger partial charge in [0, 0.05) is 40.7 Å². The molecule has 110 valence electrons. The van der Waals surface area contributed by atoms with E-state index < -0.39 is 0 Å². The molecule has 0 aliphatic rings. The summed E-state index contributed by atoms with van der Waals surface area (Å²) in [5.41, 5.74) is 3.23. The molecule has 0 radical (unpaired) electrons. The number of unbranched alkanes of at least 4 members (excludes halogenated alkanes) is 1. The number of hydrogen-bond acceptors (Lipinski definition) is 2. The summed E-state index contributed by atoms with van der Waals surface area (Å²) in [6.45, 7) is 7.40. The summed E-state index contributed by atoms with van der Waals surface area (Å²) in [7, 11) is 0. The molecule has 0 spiro atoms. The van der Waals surface area contributed by atoms with Crippen LogP contribution >= 0.6 is 0 Å². The molecule has 0 saturated carbocycles. The van der Waals surface area contributed by atoms with Crippen LogP contribution in [0.4, 0.5) is 5.69 Å². The first-order valence-corrected chi connectivity index (χ1v) is 7.18. The van der Waals surface area contributed by atoms with E-state index >= 15 is 0 Å². The van der Waals surface area contributed by atoms with E-state index in [0.717, 1.165) is 29.6 Å². The van der Waals surface area contributed by atoms with Gasteiger partial charge in [0.15, 0.2) is 0 Å². The number of rotatable bonds is 5. The van der Waals surface area contributed by atoms with Gasteiger partial charge in [-0.25, -0.2) is 0 Å². The summed E-state index contributed by atoms with van der Waals surface area (Å²) in [6.07, 6.45) is 2.10. The first kappa shape index (κ1) is 15.1. The highest BCUT2D eigenvalue weighted by Crippen LogP contribution is 2.31. The summed E-state index contributed by atoms with van der Waals surface area (Å²) >= 11 is 0. The molecule has 2 aromatic rings. The van der Waals surface area contributed by atoms with Crippen LogP contribution in [0.5, 0.6) is 0 Å². The molecule has 0 atom stereocenters. The molecule has 0 bridgehead atoms. The quantitative estimate of drug-likeness (QED) is 0.670. The van der Waals surface area contributed by atoms with Crippen molar-refractivity contribution in [2.75, 3.05) is 5.32 Å². The fourth-order valence-corrected chi connectivity index (χ4v) is 2.61. The zero-order chi connectivity index (χ0) is 15.5. The maximum Gasteiger partial charge on any atom is 0.211 e. The standard InChI is InChI=1S/C17H21N3O/c1-17(2,3)16-11-13-10-14(19-12-21)6-7-15(13)20(16)9-5-4-8-18/h6-7,10-12H,4-5,9H2,1-3H3,(H,19,21). The number of hydrogen-bond donors (Lipinski definition) is 1. The van der Waals surface area contributed by atoms with Gasteiger partial charge < -0.3 is 9.88 Å². The Kier molecular flexibility index (Phi) is 4.32. The Balaban J connectivity index is 2.50. The van der Waals surface area contributed by atoms with Crippen LogP contribution in [0.3, 0.4) is 0 Å². The Morgan fingerprint density at radius 1 is 1.33 bits per heavy atom. The Labute approximate surface area is 125 Å². The van der Waals surface area contributed by atoms with Crippen molar-refractivity contribution in [1.29, 1.82) is 5.26 Å². The number of benzene rings is 1. The fourth-order valence-electron chi connectivity index (χ4n) is 2.61. The van der Waals surface area contributed by atoms with Crippen molar-refractivity contribution in [2.45, 2.75) is 45.6 Å². The van der Waals surface area contributed by atoms with Gasteiger partial charge in [0.25, 0.3) is 0 Å². The molecule has 1 N–H and O–H groups in total. The molecule has 1 heterocycles. The molecule has 0 fully saturated rings. The molecule has 0 unspecified atom stereocenters. The van der Waals surface area contributed by atoms with Gasteiger partial charge in [-0.3, -0.25) is 4.79 Å². The third-order valence-corrected chi connectivity index (χ3v) is 3.57. The van der Waals surface area contributed by atoms with Gasteiger partial charge in [0.1, 0.15) is 0 Å². The van der Waals surface area contributed by atoms with Crippen molar-refractivity contribution < 1.29 is 4.79 Å². The first-order chi connectivity index (χ1) is 9.97. The number of anilines is 1. The number of nitrogens with one attached hydrogen (secondary N) is 1. The van der Waals surface area contributed by atoms with E-state index in [4.69, 9.17) is 5.26 Å².